The van der Waals surface area contributed by atoms with E-state index >= 15 is 0 Å². The quantitative estimate of drug-likeness (QED) is 0.745. The number of halogens is 1. The number of rotatable bonds is 5. The fourth-order valence-corrected chi connectivity index (χ4v) is 4.18. The number of nitrogens with zero attached hydrogens (tertiary/aromatic N) is 6. The third-order valence-corrected chi connectivity index (χ3v) is 5.74. The van der Waals surface area contributed by atoms with Crippen molar-refractivity contribution in [2.75, 3.05) is 37.6 Å². The van der Waals surface area contributed by atoms with Crippen LogP contribution in [-0.2, 0) is 16.1 Å². The summed E-state index contributed by atoms with van der Waals surface area (Å²) in [5.74, 6) is -0.100. The summed E-state index contributed by atoms with van der Waals surface area (Å²) in [6.07, 6.45) is 2.31. The highest BCUT2D eigenvalue weighted by Crippen LogP contribution is 2.27. The van der Waals surface area contributed by atoms with Crippen molar-refractivity contribution in [1.82, 2.24) is 24.8 Å². The lowest BCUT2D eigenvalue weighted by molar-refractivity contribution is -0.145. The summed E-state index contributed by atoms with van der Waals surface area (Å²) in [5.41, 5.74) is 1.41. The molecule has 1 aromatic carbocycles. The van der Waals surface area contributed by atoms with Crippen molar-refractivity contribution in [3.05, 3.63) is 42.0 Å². The van der Waals surface area contributed by atoms with Gasteiger partial charge >= 0.3 is 0 Å². The van der Waals surface area contributed by atoms with Gasteiger partial charge in [-0.05, 0) is 24.5 Å². The minimum Gasteiger partial charge on any atom is -0.366 e. The zero-order valence-corrected chi connectivity index (χ0v) is 17.4. The SMILES string of the molecule is CC(C)C[C@H]1C(=O)N(CC(=O)N2CCN(c3ccccc3F)CC2)Cc2cnnn21. The number of hydrogen-bond donors (Lipinski definition) is 0. The van der Waals surface area contributed by atoms with Crippen molar-refractivity contribution in [1.29, 1.82) is 0 Å². The van der Waals surface area contributed by atoms with Crippen molar-refractivity contribution in [3.63, 3.8) is 0 Å². The molecule has 8 nitrogen and oxygen atoms in total. The summed E-state index contributed by atoms with van der Waals surface area (Å²) in [7, 11) is 0. The van der Waals surface area contributed by atoms with Gasteiger partial charge in [0.2, 0.25) is 11.8 Å². The predicted molar refractivity (Wildman–Crippen MR) is 109 cm³/mol. The molecular weight excluding hydrogens is 387 g/mol. The highest BCUT2D eigenvalue weighted by atomic mass is 19.1. The number of carbonyl (C=O) groups is 2. The van der Waals surface area contributed by atoms with Gasteiger partial charge in [-0.3, -0.25) is 9.59 Å². The van der Waals surface area contributed by atoms with E-state index in [1.165, 1.54) is 6.07 Å². The van der Waals surface area contributed by atoms with Crippen LogP contribution in [0.15, 0.2) is 30.5 Å². The van der Waals surface area contributed by atoms with Gasteiger partial charge in [-0.25, -0.2) is 9.07 Å². The fourth-order valence-electron chi connectivity index (χ4n) is 4.18. The second kappa shape index (κ2) is 8.41. The fraction of sp³-hybridized carbons (Fsp3) is 0.524. The molecule has 0 bridgehead atoms. The Morgan fingerprint density at radius 3 is 2.63 bits per heavy atom. The lowest BCUT2D eigenvalue weighted by Gasteiger charge is -2.38. The Bertz CT molecular complexity index is 922. The molecule has 3 heterocycles. The maximum Gasteiger partial charge on any atom is 0.248 e. The minimum atomic E-state index is -0.415. The number of aromatic nitrogens is 3. The zero-order valence-electron chi connectivity index (χ0n) is 17.4. The van der Waals surface area contributed by atoms with Gasteiger partial charge in [-0.1, -0.05) is 31.2 Å². The van der Waals surface area contributed by atoms with E-state index in [1.54, 1.807) is 32.8 Å². The van der Waals surface area contributed by atoms with Gasteiger partial charge in [0.05, 0.1) is 24.1 Å². The first-order valence-corrected chi connectivity index (χ1v) is 10.4. The van der Waals surface area contributed by atoms with Crippen molar-refractivity contribution in [2.45, 2.75) is 32.9 Å². The summed E-state index contributed by atoms with van der Waals surface area (Å²) in [5, 5.41) is 8.02. The van der Waals surface area contributed by atoms with Gasteiger partial charge in [0.1, 0.15) is 18.4 Å². The number of anilines is 1. The molecule has 2 aliphatic heterocycles. The molecule has 30 heavy (non-hydrogen) atoms. The molecule has 1 atom stereocenters. The Kier molecular flexibility index (Phi) is 5.69. The van der Waals surface area contributed by atoms with Crippen molar-refractivity contribution in [3.8, 4) is 0 Å². The topological polar surface area (TPSA) is 74.6 Å². The molecule has 0 aliphatic carbocycles. The minimum absolute atomic E-state index is 0.0400. The zero-order chi connectivity index (χ0) is 21.3. The first-order chi connectivity index (χ1) is 14.4. The third-order valence-electron chi connectivity index (χ3n) is 5.74. The second-order valence-corrected chi connectivity index (χ2v) is 8.33. The van der Waals surface area contributed by atoms with Crippen LogP contribution in [0.25, 0.3) is 0 Å². The summed E-state index contributed by atoms with van der Waals surface area (Å²) < 4.78 is 15.7. The van der Waals surface area contributed by atoms with Gasteiger partial charge in [0.25, 0.3) is 0 Å². The first kappa shape index (κ1) is 20.3. The lowest BCUT2D eigenvalue weighted by atomic mass is 10.0. The summed E-state index contributed by atoms with van der Waals surface area (Å²) in [6, 6.07) is 6.27. The molecule has 160 valence electrons. The molecule has 2 aromatic rings. The van der Waals surface area contributed by atoms with E-state index in [9.17, 15) is 14.0 Å². The number of benzene rings is 1. The molecule has 0 N–H and O–H groups in total. The van der Waals surface area contributed by atoms with E-state index in [-0.39, 0.29) is 24.2 Å². The molecule has 0 unspecified atom stereocenters. The summed E-state index contributed by atoms with van der Waals surface area (Å²) >= 11 is 0. The molecule has 0 spiro atoms. The van der Waals surface area contributed by atoms with Crippen LogP contribution in [0, 0.1) is 11.7 Å². The van der Waals surface area contributed by atoms with Crippen LogP contribution < -0.4 is 4.90 Å². The van der Waals surface area contributed by atoms with Crippen LogP contribution in [0.5, 0.6) is 0 Å². The third kappa shape index (κ3) is 4.01. The molecule has 2 aliphatic rings. The van der Waals surface area contributed by atoms with Crippen LogP contribution in [0.2, 0.25) is 0 Å². The summed E-state index contributed by atoms with van der Waals surface area (Å²) in [6.45, 7) is 6.63. The number of piperazine rings is 1. The Morgan fingerprint density at radius 2 is 1.93 bits per heavy atom. The van der Waals surface area contributed by atoms with Crippen LogP contribution in [0.4, 0.5) is 10.1 Å². The van der Waals surface area contributed by atoms with E-state index in [0.29, 0.717) is 50.7 Å². The largest absolute Gasteiger partial charge is 0.366 e. The van der Waals surface area contributed by atoms with Crippen LogP contribution in [-0.4, -0.2) is 69.3 Å². The number of fused-ring (bicyclic) bond motifs is 1. The van der Waals surface area contributed by atoms with Gasteiger partial charge < -0.3 is 14.7 Å². The smallest absolute Gasteiger partial charge is 0.248 e. The Hall–Kier alpha value is -2.97. The number of hydrogen-bond acceptors (Lipinski definition) is 5. The highest BCUT2D eigenvalue weighted by Gasteiger charge is 2.36. The molecule has 2 amide bonds. The Morgan fingerprint density at radius 1 is 1.20 bits per heavy atom. The van der Waals surface area contributed by atoms with Crippen LogP contribution in [0.1, 0.15) is 32.0 Å². The Labute approximate surface area is 175 Å². The van der Waals surface area contributed by atoms with Gasteiger partial charge in [-0.2, -0.15) is 0 Å². The normalized spacial score (nSPS) is 19.4. The van der Waals surface area contributed by atoms with Gasteiger partial charge in [0.15, 0.2) is 0 Å². The lowest BCUT2D eigenvalue weighted by Crippen LogP contribution is -2.53. The van der Waals surface area contributed by atoms with E-state index in [0.717, 1.165) is 5.69 Å². The monoisotopic (exact) mass is 414 g/mol. The standard InChI is InChI=1S/C21H27FN6O2/c1-15(2)11-19-21(30)27(13-16-12-23-24-28(16)19)14-20(29)26-9-7-25(8-10-26)18-6-4-3-5-17(18)22/h3-6,12,15,19H,7-11,13-14H2,1-2H3/t19-/m0/s1. The summed E-state index contributed by atoms with van der Waals surface area (Å²) in [4.78, 5) is 31.3. The maximum absolute atomic E-state index is 14.0. The maximum atomic E-state index is 14.0. The molecule has 1 aromatic heterocycles. The molecular formula is C21H27FN6O2. The number of amides is 2. The average molecular weight is 414 g/mol. The number of para-hydroxylation sites is 1. The molecule has 1 fully saturated rings. The molecule has 0 saturated carbocycles. The number of carbonyl (C=O) groups excluding carboxylic acids is 2. The van der Waals surface area contributed by atoms with E-state index < -0.39 is 6.04 Å². The van der Waals surface area contributed by atoms with Crippen molar-refractivity contribution < 1.29 is 14.0 Å². The van der Waals surface area contributed by atoms with Gasteiger partial charge in [-0.15, -0.1) is 5.10 Å². The molecule has 1 saturated heterocycles. The van der Waals surface area contributed by atoms with Crippen molar-refractivity contribution in [2.24, 2.45) is 5.92 Å². The molecule has 0 radical (unpaired) electrons. The predicted octanol–water partition coefficient (Wildman–Crippen LogP) is 1.70. The molecule has 9 heteroatoms. The first-order valence-electron chi connectivity index (χ1n) is 10.4. The average Bonchev–Trinajstić information content (AvgIpc) is 3.19. The van der Waals surface area contributed by atoms with Crippen LogP contribution in [0.3, 0.4) is 0 Å². The Balaban J connectivity index is 1.38. The van der Waals surface area contributed by atoms with Crippen LogP contribution >= 0.6 is 0 Å². The van der Waals surface area contributed by atoms with Crippen molar-refractivity contribution >= 4 is 17.5 Å². The second-order valence-electron chi connectivity index (χ2n) is 8.33. The highest BCUT2D eigenvalue weighted by molar-refractivity contribution is 5.87. The molecule has 4 rings (SSSR count). The van der Waals surface area contributed by atoms with Gasteiger partial charge in [0, 0.05) is 26.2 Å². The van der Waals surface area contributed by atoms with E-state index in [1.807, 2.05) is 11.0 Å². The van der Waals surface area contributed by atoms with E-state index in [2.05, 4.69) is 24.2 Å². The van der Waals surface area contributed by atoms with E-state index in [4.69, 9.17) is 0 Å².